The highest BCUT2D eigenvalue weighted by Crippen LogP contribution is 2.38. The summed E-state index contributed by atoms with van der Waals surface area (Å²) in [5.74, 6) is 0.715. The Bertz CT molecular complexity index is 1140. The van der Waals surface area contributed by atoms with Crippen molar-refractivity contribution in [3.05, 3.63) is 58.1 Å². The van der Waals surface area contributed by atoms with Crippen molar-refractivity contribution in [1.82, 2.24) is 14.5 Å². The Morgan fingerprint density at radius 1 is 1.19 bits per heavy atom. The molecule has 2 aromatic carbocycles. The van der Waals surface area contributed by atoms with Gasteiger partial charge in [0, 0.05) is 24.1 Å². The molecule has 0 fully saturated rings. The largest absolute Gasteiger partial charge is 0.327 e. The van der Waals surface area contributed by atoms with Gasteiger partial charge in [0.15, 0.2) is 0 Å². The first-order valence-corrected chi connectivity index (χ1v) is 9.76. The highest BCUT2D eigenvalue weighted by molar-refractivity contribution is 7.16. The number of thiazole rings is 1. The van der Waals surface area contributed by atoms with Crippen LogP contribution in [0, 0.1) is 12.7 Å². The van der Waals surface area contributed by atoms with Gasteiger partial charge in [-0.15, -0.1) is 11.3 Å². The normalized spacial score (nSPS) is 13.5. The molecule has 0 bridgehead atoms. The SMILES string of the molecule is Cc1cc(-c2nc3n(c2-c2ccc4ncsc4c2)CCC3)cc(Cl)c1F. The van der Waals surface area contributed by atoms with Crippen LogP contribution in [0.4, 0.5) is 4.39 Å². The average Bonchev–Trinajstić information content (AvgIpc) is 3.33. The fourth-order valence-electron chi connectivity index (χ4n) is 3.69. The third-order valence-corrected chi connectivity index (χ3v) is 5.98. The van der Waals surface area contributed by atoms with Gasteiger partial charge in [-0.2, -0.15) is 0 Å². The molecule has 0 unspecified atom stereocenters. The second-order valence-electron chi connectivity index (χ2n) is 6.60. The van der Waals surface area contributed by atoms with E-state index in [2.05, 4.69) is 21.7 Å². The van der Waals surface area contributed by atoms with Gasteiger partial charge in [-0.05, 0) is 43.2 Å². The van der Waals surface area contributed by atoms with Crippen LogP contribution in [0.25, 0.3) is 32.7 Å². The quantitative estimate of drug-likeness (QED) is 0.433. The van der Waals surface area contributed by atoms with Gasteiger partial charge >= 0.3 is 0 Å². The molecular formula is C20H15ClFN3S. The van der Waals surface area contributed by atoms with Crippen LogP contribution in [0.5, 0.6) is 0 Å². The fourth-order valence-corrected chi connectivity index (χ4v) is 4.67. The molecule has 4 aromatic rings. The van der Waals surface area contributed by atoms with Crippen molar-refractivity contribution in [2.75, 3.05) is 0 Å². The molecule has 0 radical (unpaired) electrons. The minimum absolute atomic E-state index is 0.136. The van der Waals surface area contributed by atoms with E-state index in [1.54, 1.807) is 24.3 Å². The summed E-state index contributed by atoms with van der Waals surface area (Å²) >= 11 is 7.74. The standard InChI is InChI=1S/C20H15ClFN3S/c1-11-7-13(8-14(21)18(11)22)19-20(25-6-2-3-17(25)24-19)12-4-5-15-16(9-12)26-10-23-15/h4-5,7-10H,2-3,6H2,1H3. The number of nitrogens with zero attached hydrogens (tertiary/aromatic N) is 3. The van der Waals surface area contributed by atoms with Gasteiger partial charge in [-0.25, -0.2) is 14.4 Å². The Kier molecular flexibility index (Phi) is 3.62. The van der Waals surface area contributed by atoms with E-state index in [9.17, 15) is 4.39 Å². The van der Waals surface area contributed by atoms with E-state index in [4.69, 9.17) is 16.6 Å². The Morgan fingerprint density at radius 2 is 2.08 bits per heavy atom. The molecule has 3 heterocycles. The molecule has 26 heavy (non-hydrogen) atoms. The fraction of sp³-hybridized carbons (Fsp3) is 0.200. The minimum atomic E-state index is -0.366. The van der Waals surface area contributed by atoms with Crippen LogP contribution in [0.15, 0.2) is 35.8 Å². The van der Waals surface area contributed by atoms with Crippen LogP contribution in [-0.4, -0.2) is 14.5 Å². The number of rotatable bonds is 2. The number of imidazole rings is 1. The zero-order valence-corrected chi connectivity index (χ0v) is 15.7. The Hall–Kier alpha value is -2.24. The van der Waals surface area contributed by atoms with Gasteiger partial charge in [0.05, 0.1) is 32.1 Å². The number of aryl methyl sites for hydroxylation is 2. The smallest absolute Gasteiger partial charge is 0.144 e. The lowest BCUT2D eigenvalue weighted by Gasteiger charge is -2.10. The van der Waals surface area contributed by atoms with Crippen LogP contribution in [0.2, 0.25) is 5.02 Å². The number of benzene rings is 2. The van der Waals surface area contributed by atoms with Crippen molar-refractivity contribution in [1.29, 1.82) is 0 Å². The maximum atomic E-state index is 14.0. The molecule has 6 heteroatoms. The molecule has 0 saturated carbocycles. The molecule has 2 aromatic heterocycles. The van der Waals surface area contributed by atoms with E-state index >= 15 is 0 Å². The molecule has 130 valence electrons. The van der Waals surface area contributed by atoms with Crippen LogP contribution in [0.1, 0.15) is 17.8 Å². The van der Waals surface area contributed by atoms with Crippen molar-refractivity contribution in [2.45, 2.75) is 26.3 Å². The molecule has 0 atom stereocenters. The Balaban J connectivity index is 1.77. The first kappa shape index (κ1) is 16.0. The van der Waals surface area contributed by atoms with E-state index in [0.717, 1.165) is 57.9 Å². The van der Waals surface area contributed by atoms with E-state index in [-0.39, 0.29) is 10.8 Å². The summed E-state index contributed by atoms with van der Waals surface area (Å²) < 4.78 is 17.4. The van der Waals surface area contributed by atoms with Crippen molar-refractivity contribution >= 4 is 33.2 Å². The van der Waals surface area contributed by atoms with Gasteiger partial charge in [0.25, 0.3) is 0 Å². The summed E-state index contributed by atoms with van der Waals surface area (Å²) in [6.07, 6.45) is 2.06. The predicted octanol–water partition coefficient (Wildman–Crippen LogP) is 5.87. The third kappa shape index (κ3) is 2.38. The van der Waals surface area contributed by atoms with Crippen LogP contribution < -0.4 is 0 Å². The van der Waals surface area contributed by atoms with Gasteiger partial charge in [-0.1, -0.05) is 17.7 Å². The zero-order chi connectivity index (χ0) is 17.8. The van der Waals surface area contributed by atoms with Crippen molar-refractivity contribution in [2.24, 2.45) is 0 Å². The summed E-state index contributed by atoms with van der Waals surface area (Å²) in [6, 6.07) is 9.80. The molecule has 0 N–H and O–H groups in total. The van der Waals surface area contributed by atoms with Crippen LogP contribution in [0.3, 0.4) is 0 Å². The summed E-state index contributed by atoms with van der Waals surface area (Å²) in [6.45, 7) is 2.68. The van der Waals surface area contributed by atoms with E-state index in [1.807, 2.05) is 17.6 Å². The van der Waals surface area contributed by atoms with Crippen molar-refractivity contribution in [3.8, 4) is 22.5 Å². The highest BCUT2D eigenvalue weighted by Gasteiger charge is 2.24. The number of hydrogen-bond acceptors (Lipinski definition) is 3. The Morgan fingerprint density at radius 3 is 2.92 bits per heavy atom. The molecule has 0 saturated heterocycles. The summed E-state index contributed by atoms with van der Waals surface area (Å²) in [5.41, 5.74) is 7.31. The molecule has 3 nitrogen and oxygen atoms in total. The minimum Gasteiger partial charge on any atom is -0.327 e. The van der Waals surface area contributed by atoms with E-state index < -0.39 is 0 Å². The van der Waals surface area contributed by atoms with Crippen molar-refractivity contribution in [3.63, 3.8) is 0 Å². The number of aromatic nitrogens is 3. The maximum absolute atomic E-state index is 14.0. The molecule has 0 spiro atoms. The number of halogens is 2. The van der Waals surface area contributed by atoms with Gasteiger partial charge in [0.1, 0.15) is 11.6 Å². The first-order valence-electron chi connectivity index (χ1n) is 8.51. The molecule has 0 amide bonds. The maximum Gasteiger partial charge on any atom is 0.144 e. The lowest BCUT2D eigenvalue weighted by Crippen LogP contribution is -1.96. The van der Waals surface area contributed by atoms with Gasteiger partial charge in [0.2, 0.25) is 0 Å². The number of fused-ring (bicyclic) bond motifs is 2. The average molecular weight is 384 g/mol. The monoisotopic (exact) mass is 383 g/mol. The predicted molar refractivity (Wildman–Crippen MR) is 104 cm³/mol. The van der Waals surface area contributed by atoms with Crippen LogP contribution >= 0.6 is 22.9 Å². The Labute approximate surface area is 159 Å². The van der Waals surface area contributed by atoms with Crippen molar-refractivity contribution < 1.29 is 4.39 Å². The lowest BCUT2D eigenvalue weighted by molar-refractivity contribution is 0.619. The molecule has 5 rings (SSSR count). The number of hydrogen-bond donors (Lipinski definition) is 0. The summed E-state index contributed by atoms with van der Waals surface area (Å²) in [5, 5.41) is 0.136. The van der Waals surface area contributed by atoms with Gasteiger partial charge in [-0.3, -0.25) is 0 Å². The molecular weight excluding hydrogens is 369 g/mol. The molecule has 0 aliphatic carbocycles. The second kappa shape index (κ2) is 5.89. The molecule has 1 aliphatic heterocycles. The molecule has 1 aliphatic rings. The first-order chi connectivity index (χ1) is 12.6. The summed E-state index contributed by atoms with van der Waals surface area (Å²) in [4.78, 5) is 9.25. The highest BCUT2D eigenvalue weighted by atomic mass is 35.5. The van der Waals surface area contributed by atoms with Crippen LogP contribution in [-0.2, 0) is 13.0 Å². The third-order valence-electron chi connectivity index (χ3n) is 4.92. The summed E-state index contributed by atoms with van der Waals surface area (Å²) in [7, 11) is 0. The van der Waals surface area contributed by atoms with Gasteiger partial charge < -0.3 is 4.57 Å². The zero-order valence-electron chi connectivity index (χ0n) is 14.1. The lowest BCUT2D eigenvalue weighted by atomic mass is 10.0. The van der Waals surface area contributed by atoms with E-state index in [0.29, 0.717) is 5.56 Å². The topological polar surface area (TPSA) is 30.7 Å². The van der Waals surface area contributed by atoms with E-state index in [1.165, 1.54) is 0 Å². The second-order valence-corrected chi connectivity index (χ2v) is 7.90.